The summed E-state index contributed by atoms with van der Waals surface area (Å²) in [5, 5.41) is 73.7. The van der Waals surface area contributed by atoms with E-state index in [1.165, 1.54) is 26.1 Å². The highest BCUT2D eigenvalue weighted by Gasteiger charge is 2.41. The number of aromatic amines is 1. The molecule has 0 saturated carbocycles. The Morgan fingerprint density at radius 1 is 0.500 bits per heavy atom. The first-order valence-electron chi connectivity index (χ1n) is 39.0. The van der Waals surface area contributed by atoms with Crippen molar-refractivity contribution < 1.29 is 78.0 Å². The van der Waals surface area contributed by atoms with Gasteiger partial charge < -0.3 is 106 Å². The SMILES string of the molecule is CC(C)NCc1ccc(C[C@H]2C(=O)N[C@@H]([C@@H](C)O)C(=O)N[C@@H](Cc3ccccc3)C(=O)N[C@@H]([C@@H](C)O)C(=O)N[C@@H](CO)C(=O)N[C@H](C(N)=O)CSSC[C@H](NC(=O)[C@@H](N)Cc3ccc(O)cc3)C(=O)N[C@@H](CCCCN)C(=O)N[C@@H](Cc3ccccc3)C(=O)N[C@@H](Cc3ccccc3)C(=O)N[C@H](Cc3c[nH]c4ccccc34)C(=O)N2C)cc1. The summed E-state index contributed by atoms with van der Waals surface area (Å²) in [6.45, 7) is 5.84. The molecule has 1 fully saturated rings. The van der Waals surface area contributed by atoms with Gasteiger partial charge in [0.05, 0.1) is 24.9 Å². The Morgan fingerprint density at radius 2 is 0.949 bits per heavy atom. The lowest BCUT2D eigenvalue weighted by Gasteiger charge is -2.33. The van der Waals surface area contributed by atoms with Crippen molar-refractivity contribution in [2.24, 2.45) is 17.2 Å². The number of rotatable bonds is 25. The second-order valence-corrected chi connectivity index (χ2v) is 32.1. The van der Waals surface area contributed by atoms with Crippen molar-refractivity contribution in [1.29, 1.82) is 0 Å². The maximum absolute atomic E-state index is 16.0. The van der Waals surface area contributed by atoms with Crippen LogP contribution in [0.15, 0.2) is 170 Å². The van der Waals surface area contributed by atoms with Gasteiger partial charge in [-0.05, 0) is 103 Å². The number of unbranched alkanes of at least 4 members (excludes halogenated alkanes) is 1. The number of benzene rings is 6. The highest BCUT2D eigenvalue weighted by Crippen LogP contribution is 2.26. The van der Waals surface area contributed by atoms with Crippen LogP contribution in [0.1, 0.15) is 85.9 Å². The van der Waals surface area contributed by atoms with Crippen LogP contribution in [0.5, 0.6) is 5.75 Å². The fourth-order valence-electron chi connectivity index (χ4n) is 13.1. The van der Waals surface area contributed by atoms with Crippen molar-refractivity contribution in [3.05, 3.63) is 209 Å². The Labute approximate surface area is 692 Å². The standard InChI is InChI=1S/C84H108N16O16S2/c1-48(2)88-43-56-30-28-55(29-31-56)41-70-81(113)99-72(50(4)103)82(114)93-65(40-53-23-13-8-14-24-53)78(110)98-71(49(3)102)83(115)95-67(45-101)79(111)96-68(73(87)105)46-117-118-47-69(97-74(106)60(86)37-54-32-34-58(104)35-33-54)80(112)90-62(27-17-18-36-85)75(107)91-63(38-51-19-9-6-10-20-51)76(108)92-64(39-52-21-11-7-12-22-52)77(109)94-66(84(116)100(70)5)42-57-44-89-61-26-16-15-25-59(57)61/h6-16,19-26,28-35,44,48-50,60,62-72,88-89,101-104H,17-18,27,36-43,45-47,85-86H2,1-5H3,(H2,87,105)(H,90,112)(H,91,107)(H,92,108)(H,93,114)(H,94,109)(H,95,115)(H,96,111)(H,97,106)(H,98,110)(H,99,113)/t49-,50-,60+,62+,63+,64+,65+,66-,67+,68+,69+,70+,71+,72+/m1/s1. The molecule has 0 radical (unpaired) electrons. The van der Waals surface area contributed by atoms with E-state index in [1.54, 1.807) is 134 Å². The maximum Gasteiger partial charge on any atom is 0.245 e. The number of nitrogens with one attached hydrogen (secondary N) is 12. The number of fused-ring (bicyclic) bond motifs is 1. The number of nitrogens with zero attached hydrogens (tertiary/aromatic N) is 1. The molecule has 632 valence electrons. The Balaban J connectivity index is 1.23. The number of carbonyl (C=O) groups excluding carboxylic acids is 12. The molecule has 2 heterocycles. The Morgan fingerprint density at radius 3 is 1.47 bits per heavy atom. The fourth-order valence-corrected chi connectivity index (χ4v) is 15.4. The molecule has 118 heavy (non-hydrogen) atoms. The van der Waals surface area contributed by atoms with Crippen molar-refractivity contribution in [1.82, 2.24) is 68.4 Å². The average Bonchev–Trinajstić information content (AvgIpc) is 1.47. The summed E-state index contributed by atoms with van der Waals surface area (Å²) in [6.07, 6.45) is -2.51. The molecule has 22 N–H and O–H groups in total. The second-order valence-electron chi connectivity index (χ2n) is 29.5. The third-order valence-electron chi connectivity index (χ3n) is 19.8. The van der Waals surface area contributed by atoms with Crippen molar-refractivity contribution >= 4 is 103 Å². The van der Waals surface area contributed by atoms with Gasteiger partial charge in [0.2, 0.25) is 70.9 Å². The minimum absolute atomic E-state index is 0.0451. The molecule has 0 aliphatic carbocycles. The van der Waals surface area contributed by atoms with Crippen LogP contribution in [0.2, 0.25) is 0 Å². The number of hydrogen-bond acceptors (Lipinski definition) is 21. The van der Waals surface area contributed by atoms with E-state index in [4.69, 9.17) is 17.2 Å². The number of nitrogens with two attached hydrogens (primary N) is 3. The molecule has 12 amide bonds. The lowest BCUT2D eigenvalue weighted by molar-refractivity contribution is -0.143. The summed E-state index contributed by atoms with van der Waals surface area (Å²) in [4.78, 5) is 183. The minimum Gasteiger partial charge on any atom is -0.508 e. The van der Waals surface area contributed by atoms with Crippen molar-refractivity contribution in [3.8, 4) is 5.75 Å². The highest BCUT2D eigenvalue weighted by molar-refractivity contribution is 8.76. The first kappa shape index (κ1) is 92.3. The number of H-pyrrole nitrogens is 1. The second kappa shape index (κ2) is 46.1. The minimum atomic E-state index is -1.93. The van der Waals surface area contributed by atoms with E-state index >= 15 is 24.0 Å². The van der Waals surface area contributed by atoms with Gasteiger partial charge in [-0.25, -0.2) is 0 Å². The molecule has 0 unspecified atom stereocenters. The van der Waals surface area contributed by atoms with Crippen LogP contribution in [0, 0.1) is 0 Å². The van der Waals surface area contributed by atoms with Gasteiger partial charge in [-0.1, -0.05) is 181 Å². The quantitative estimate of drug-likeness (QED) is 0.0262. The zero-order valence-electron chi connectivity index (χ0n) is 66.4. The van der Waals surface area contributed by atoms with Crippen LogP contribution < -0.4 is 75.7 Å². The number of primary amides is 1. The van der Waals surface area contributed by atoms with Crippen molar-refractivity contribution in [2.75, 3.05) is 31.7 Å². The first-order chi connectivity index (χ1) is 56.5. The molecule has 1 aromatic heterocycles. The van der Waals surface area contributed by atoms with Crippen molar-refractivity contribution in [3.63, 3.8) is 0 Å². The van der Waals surface area contributed by atoms with Crippen LogP contribution in [-0.4, -0.2) is 224 Å². The molecule has 14 atom stereocenters. The molecule has 1 saturated heterocycles. The molecule has 7 aromatic rings. The Kier molecular flexibility index (Phi) is 36.0. The van der Waals surface area contributed by atoms with Gasteiger partial charge in [0.25, 0.3) is 0 Å². The molecular formula is C84H108N16O16S2. The lowest BCUT2D eigenvalue weighted by atomic mass is 9.98. The lowest BCUT2D eigenvalue weighted by Crippen LogP contribution is -2.63. The maximum atomic E-state index is 16.0. The largest absolute Gasteiger partial charge is 0.508 e. The number of carbonyl (C=O) groups is 12. The van der Waals surface area contributed by atoms with Gasteiger partial charge in [0.1, 0.15) is 72.2 Å². The van der Waals surface area contributed by atoms with Crippen LogP contribution >= 0.6 is 21.6 Å². The molecule has 1 aliphatic rings. The summed E-state index contributed by atoms with van der Waals surface area (Å²) in [5.74, 6) is -12.7. The molecule has 0 spiro atoms. The fraction of sp³-hybridized carbons (Fsp3) is 0.405. The van der Waals surface area contributed by atoms with E-state index in [1.807, 2.05) is 38.1 Å². The zero-order chi connectivity index (χ0) is 85.5. The van der Waals surface area contributed by atoms with Gasteiger partial charge in [-0.3, -0.25) is 57.5 Å². The molecule has 8 rings (SSSR count). The first-order valence-corrected chi connectivity index (χ1v) is 41.5. The van der Waals surface area contributed by atoms with Gasteiger partial charge in [-0.2, -0.15) is 0 Å². The number of phenols is 1. The number of aromatic hydroxyl groups is 1. The monoisotopic (exact) mass is 1660 g/mol. The number of phenolic OH excluding ortho intramolecular Hbond substituents is 1. The highest BCUT2D eigenvalue weighted by atomic mass is 33.1. The predicted molar refractivity (Wildman–Crippen MR) is 448 cm³/mol. The summed E-state index contributed by atoms with van der Waals surface area (Å²) in [5.41, 5.74) is 22.9. The topological polar surface area (TPSA) is 515 Å². The number of aliphatic hydroxyl groups excluding tert-OH is 3. The average molecular weight is 1660 g/mol. The Hall–Kier alpha value is -11.2. The van der Waals surface area contributed by atoms with E-state index in [9.17, 15) is 54.0 Å². The van der Waals surface area contributed by atoms with Gasteiger partial charge in [0, 0.05) is 80.3 Å². The smallest absolute Gasteiger partial charge is 0.245 e. The van der Waals surface area contributed by atoms with E-state index in [0.717, 1.165) is 39.0 Å². The van der Waals surface area contributed by atoms with Crippen LogP contribution in [0.4, 0.5) is 0 Å². The molecule has 0 bridgehead atoms. The molecule has 32 nitrogen and oxygen atoms in total. The van der Waals surface area contributed by atoms with Gasteiger partial charge in [0.15, 0.2) is 0 Å². The molecule has 34 heteroatoms. The summed E-state index contributed by atoms with van der Waals surface area (Å²) in [6, 6.07) is 26.4. The zero-order valence-corrected chi connectivity index (χ0v) is 68.0. The number of aromatic nitrogens is 1. The van der Waals surface area contributed by atoms with Crippen LogP contribution in [0.3, 0.4) is 0 Å². The normalized spacial score (nSPS) is 22.7. The van der Waals surface area contributed by atoms with Crippen LogP contribution in [0.25, 0.3) is 10.9 Å². The molecular weight excluding hydrogens is 1550 g/mol. The third-order valence-corrected chi connectivity index (χ3v) is 22.3. The van der Waals surface area contributed by atoms with E-state index in [-0.39, 0.29) is 81.2 Å². The number of hydrogen-bond donors (Lipinski definition) is 19. The van der Waals surface area contributed by atoms with E-state index in [2.05, 4.69) is 63.5 Å². The van der Waals surface area contributed by atoms with Crippen LogP contribution in [-0.2, 0) is 103 Å². The number of aliphatic hydroxyl groups is 3. The van der Waals surface area contributed by atoms with Gasteiger partial charge >= 0.3 is 0 Å². The summed E-state index contributed by atoms with van der Waals surface area (Å²) < 4.78 is 0. The summed E-state index contributed by atoms with van der Waals surface area (Å²) >= 11 is 0. The number of amides is 12. The van der Waals surface area contributed by atoms with Gasteiger partial charge in [-0.15, -0.1) is 0 Å². The number of likely N-dealkylation sites (N-methyl/N-ethyl adjacent to an activating group) is 1. The predicted octanol–water partition coefficient (Wildman–Crippen LogP) is -0.107. The van der Waals surface area contributed by atoms with E-state index < -0.39 is 162 Å². The van der Waals surface area contributed by atoms with E-state index in [0.29, 0.717) is 57.2 Å². The molecule has 1 aliphatic heterocycles. The Bertz CT molecular complexity index is 4510. The van der Waals surface area contributed by atoms with Crippen molar-refractivity contribution in [2.45, 2.75) is 183 Å². The molecule has 6 aromatic carbocycles. The summed E-state index contributed by atoms with van der Waals surface area (Å²) in [7, 11) is 3.12. The third kappa shape index (κ3) is 28.3. The number of para-hydroxylation sites is 1.